The van der Waals surface area contributed by atoms with Gasteiger partial charge in [-0.3, -0.25) is 4.98 Å². The normalized spacial score (nSPS) is 13.9. The van der Waals surface area contributed by atoms with Gasteiger partial charge in [-0.15, -0.1) is 0 Å². The zero-order chi connectivity index (χ0) is 11.3. The quantitative estimate of drug-likeness (QED) is 0.799. The summed E-state index contributed by atoms with van der Waals surface area (Å²) in [6, 6.07) is 6.38. The van der Waals surface area contributed by atoms with Gasteiger partial charge in [0.05, 0.1) is 5.69 Å². The third-order valence-electron chi connectivity index (χ3n) is 3.26. The molecule has 1 N–H and O–H groups in total. The molecule has 1 heterocycles. The van der Waals surface area contributed by atoms with Gasteiger partial charge in [0.2, 0.25) is 0 Å². The molecule has 2 heteroatoms. The average Bonchev–Trinajstić information content (AvgIpc) is 2.30. The number of hydrogen-bond acceptors (Lipinski definition) is 2. The van der Waals surface area contributed by atoms with Crippen molar-refractivity contribution in [3.63, 3.8) is 0 Å². The molecule has 0 aliphatic rings. The molecule has 1 aromatic heterocycles. The van der Waals surface area contributed by atoms with E-state index in [1.165, 1.54) is 0 Å². The molecular weight excluding hydrogens is 184 g/mol. The lowest BCUT2D eigenvalue weighted by Gasteiger charge is -2.32. The lowest BCUT2D eigenvalue weighted by Crippen LogP contribution is -2.42. The molecule has 0 fully saturated rings. The Kier molecular flexibility index (Phi) is 4.28. The van der Waals surface area contributed by atoms with Crippen LogP contribution in [0, 0.1) is 0 Å². The van der Waals surface area contributed by atoms with Crippen LogP contribution < -0.4 is 5.32 Å². The van der Waals surface area contributed by atoms with Gasteiger partial charge in [0.25, 0.3) is 0 Å². The van der Waals surface area contributed by atoms with Crippen LogP contribution in [-0.2, 0) is 0 Å². The molecule has 1 atom stereocenters. The molecule has 1 rings (SSSR count). The summed E-state index contributed by atoms with van der Waals surface area (Å²) >= 11 is 0. The van der Waals surface area contributed by atoms with Crippen molar-refractivity contribution in [3.05, 3.63) is 30.1 Å². The number of nitrogens with one attached hydrogen (secondary N) is 1. The summed E-state index contributed by atoms with van der Waals surface area (Å²) in [7, 11) is 0. The lowest BCUT2D eigenvalue weighted by atomic mass is 9.94. The minimum Gasteiger partial charge on any atom is -0.304 e. The van der Waals surface area contributed by atoms with E-state index >= 15 is 0 Å². The topological polar surface area (TPSA) is 24.9 Å². The van der Waals surface area contributed by atoms with E-state index in [0.29, 0.717) is 6.04 Å². The highest BCUT2D eigenvalue weighted by atomic mass is 15.0. The van der Waals surface area contributed by atoms with Crippen LogP contribution in [0.3, 0.4) is 0 Å². The van der Waals surface area contributed by atoms with E-state index in [0.717, 1.165) is 18.5 Å². The predicted molar refractivity (Wildman–Crippen MR) is 64.8 cm³/mol. The molecule has 0 bridgehead atoms. The maximum atomic E-state index is 4.37. The van der Waals surface area contributed by atoms with Gasteiger partial charge in [-0.2, -0.15) is 0 Å². The minimum atomic E-state index is 0.219. The van der Waals surface area contributed by atoms with Crippen LogP contribution in [0.5, 0.6) is 0 Å². The van der Waals surface area contributed by atoms with Crippen LogP contribution >= 0.6 is 0 Å². The summed E-state index contributed by atoms with van der Waals surface area (Å²) in [6.07, 6.45) is 4.13. The van der Waals surface area contributed by atoms with Gasteiger partial charge in [-0.1, -0.05) is 19.9 Å². The SMILES string of the molecule is CCC(C)(CC)NC(C)c1ccccn1. The van der Waals surface area contributed by atoms with Gasteiger partial charge in [0, 0.05) is 17.8 Å². The van der Waals surface area contributed by atoms with Crippen molar-refractivity contribution < 1.29 is 0 Å². The number of nitrogens with zero attached hydrogens (tertiary/aromatic N) is 1. The van der Waals surface area contributed by atoms with E-state index in [4.69, 9.17) is 0 Å². The smallest absolute Gasteiger partial charge is 0.0570 e. The Morgan fingerprint density at radius 1 is 1.33 bits per heavy atom. The molecule has 0 radical (unpaired) electrons. The molecule has 0 spiro atoms. The summed E-state index contributed by atoms with van der Waals surface area (Å²) in [5.41, 5.74) is 1.34. The Balaban J connectivity index is 2.67. The van der Waals surface area contributed by atoms with Crippen LogP contribution in [0.15, 0.2) is 24.4 Å². The van der Waals surface area contributed by atoms with Crippen LogP contribution in [0.4, 0.5) is 0 Å². The maximum absolute atomic E-state index is 4.37. The summed E-state index contributed by atoms with van der Waals surface area (Å²) in [5.74, 6) is 0. The van der Waals surface area contributed by atoms with Crippen molar-refractivity contribution in [2.45, 2.75) is 52.1 Å². The van der Waals surface area contributed by atoms with E-state index < -0.39 is 0 Å². The molecule has 0 aromatic carbocycles. The monoisotopic (exact) mass is 206 g/mol. The van der Waals surface area contributed by atoms with E-state index in [-0.39, 0.29) is 5.54 Å². The van der Waals surface area contributed by atoms with Crippen molar-refractivity contribution in [3.8, 4) is 0 Å². The van der Waals surface area contributed by atoms with E-state index in [1.54, 1.807) is 0 Å². The minimum absolute atomic E-state index is 0.219. The van der Waals surface area contributed by atoms with Crippen LogP contribution in [-0.4, -0.2) is 10.5 Å². The van der Waals surface area contributed by atoms with Gasteiger partial charge >= 0.3 is 0 Å². The Labute approximate surface area is 93.1 Å². The van der Waals surface area contributed by atoms with Crippen LogP contribution in [0.25, 0.3) is 0 Å². The molecule has 0 saturated heterocycles. The first-order valence-electron chi connectivity index (χ1n) is 5.80. The zero-order valence-electron chi connectivity index (χ0n) is 10.2. The summed E-state index contributed by atoms with van der Waals surface area (Å²) in [6.45, 7) is 8.89. The highest BCUT2D eigenvalue weighted by molar-refractivity contribution is 5.08. The molecule has 2 nitrogen and oxygen atoms in total. The second-order valence-electron chi connectivity index (χ2n) is 4.39. The van der Waals surface area contributed by atoms with Crippen LogP contribution in [0.1, 0.15) is 52.3 Å². The van der Waals surface area contributed by atoms with Crippen molar-refractivity contribution in [1.29, 1.82) is 0 Å². The largest absolute Gasteiger partial charge is 0.304 e. The third-order valence-corrected chi connectivity index (χ3v) is 3.26. The summed E-state index contributed by atoms with van der Waals surface area (Å²) in [5, 5.41) is 3.65. The molecular formula is C13H22N2. The summed E-state index contributed by atoms with van der Waals surface area (Å²) < 4.78 is 0. The summed E-state index contributed by atoms with van der Waals surface area (Å²) in [4.78, 5) is 4.37. The van der Waals surface area contributed by atoms with Crippen LogP contribution in [0.2, 0.25) is 0 Å². The fourth-order valence-electron chi connectivity index (χ4n) is 1.68. The molecule has 0 aliphatic carbocycles. The van der Waals surface area contributed by atoms with E-state index in [2.05, 4.69) is 44.1 Å². The Bertz CT molecular complexity index is 278. The second-order valence-corrected chi connectivity index (χ2v) is 4.39. The van der Waals surface area contributed by atoms with E-state index in [1.807, 2.05) is 18.3 Å². The molecule has 0 saturated carbocycles. The fraction of sp³-hybridized carbons (Fsp3) is 0.615. The maximum Gasteiger partial charge on any atom is 0.0570 e. The molecule has 0 amide bonds. The van der Waals surface area contributed by atoms with Gasteiger partial charge < -0.3 is 5.32 Å². The first-order valence-corrected chi connectivity index (χ1v) is 5.80. The molecule has 1 unspecified atom stereocenters. The van der Waals surface area contributed by atoms with Gasteiger partial charge in [0.15, 0.2) is 0 Å². The van der Waals surface area contributed by atoms with Crippen molar-refractivity contribution in [2.75, 3.05) is 0 Å². The standard InChI is InChI=1S/C13H22N2/c1-5-13(4,6-2)15-11(3)12-9-7-8-10-14-12/h7-11,15H,5-6H2,1-4H3. The molecule has 1 aromatic rings. The van der Waals surface area contributed by atoms with Gasteiger partial charge in [0.1, 0.15) is 0 Å². The zero-order valence-corrected chi connectivity index (χ0v) is 10.2. The van der Waals surface area contributed by atoms with E-state index in [9.17, 15) is 0 Å². The molecule has 0 aliphatic heterocycles. The number of pyridine rings is 1. The number of aromatic nitrogens is 1. The first-order chi connectivity index (χ1) is 7.11. The Hall–Kier alpha value is -0.890. The number of rotatable bonds is 5. The molecule has 84 valence electrons. The van der Waals surface area contributed by atoms with Crippen molar-refractivity contribution in [1.82, 2.24) is 10.3 Å². The number of hydrogen-bond donors (Lipinski definition) is 1. The highest BCUT2D eigenvalue weighted by Crippen LogP contribution is 2.19. The predicted octanol–water partition coefficient (Wildman–Crippen LogP) is 3.31. The first kappa shape index (κ1) is 12.2. The third kappa shape index (κ3) is 3.31. The average molecular weight is 206 g/mol. The van der Waals surface area contributed by atoms with Crippen molar-refractivity contribution in [2.24, 2.45) is 0 Å². The van der Waals surface area contributed by atoms with Gasteiger partial charge in [-0.05, 0) is 38.8 Å². The molecule has 15 heavy (non-hydrogen) atoms. The van der Waals surface area contributed by atoms with Crippen molar-refractivity contribution >= 4 is 0 Å². The Morgan fingerprint density at radius 2 is 2.00 bits per heavy atom. The second kappa shape index (κ2) is 5.26. The lowest BCUT2D eigenvalue weighted by molar-refractivity contribution is 0.297. The Morgan fingerprint density at radius 3 is 2.47 bits per heavy atom. The van der Waals surface area contributed by atoms with Gasteiger partial charge in [-0.25, -0.2) is 0 Å². The highest BCUT2D eigenvalue weighted by Gasteiger charge is 2.22. The fourth-order valence-corrected chi connectivity index (χ4v) is 1.68.